The summed E-state index contributed by atoms with van der Waals surface area (Å²) in [5, 5.41) is 0.600. The van der Waals surface area contributed by atoms with Crippen LogP contribution in [0.1, 0.15) is 5.56 Å². The number of alkyl halides is 2. The number of halogens is 3. The number of carbonyl (C=O) groups excluding carboxylic acids is 1. The number of pyridine rings is 1. The Hall–Kier alpha value is -2.67. The van der Waals surface area contributed by atoms with E-state index < -0.39 is 18.9 Å². The molecule has 1 aliphatic rings. The molecule has 0 atom stereocenters. The molecule has 0 saturated carbocycles. The normalized spacial score (nSPS) is 13.5. The zero-order chi connectivity index (χ0) is 18.5. The van der Waals surface area contributed by atoms with Gasteiger partial charge in [-0.15, -0.1) is 0 Å². The SMILES string of the molecule is O=C1C=C(N(Cc2ccc(Oc3ccc(Cl)cc3)nc2)CC(F)F)CO1. The van der Waals surface area contributed by atoms with E-state index in [2.05, 4.69) is 4.98 Å². The van der Waals surface area contributed by atoms with E-state index in [1.807, 2.05) is 0 Å². The first-order chi connectivity index (χ1) is 12.5. The van der Waals surface area contributed by atoms with E-state index in [1.165, 1.54) is 11.0 Å². The quantitative estimate of drug-likeness (QED) is 0.679. The van der Waals surface area contributed by atoms with Crippen molar-refractivity contribution in [1.82, 2.24) is 9.88 Å². The van der Waals surface area contributed by atoms with Crippen LogP contribution in [0, 0.1) is 0 Å². The van der Waals surface area contributed by atoms with Gasteiger partial charge in [0.25, 0.3) is 6.43 Å². The Morgan fingerprint density at radius 1 is 1.23 bits per heavy atom. The zero-order valence-electron chi connectivity index (χ0n) is 13.6. The van der Waals surface area contributed by atoms with Gasteiger partial charge in [-0.25, -0.2) is 18.6 Å². The van der Waals surface area contributed by atoms with Crippen molar-refractivity contribution < 1.29 is 23.0 Å². The van der Waals surface area contributed by atoms with Gasteiger partial charge < -0.3 is 14.4 Å². The molecule has 0 fully saturated rings. The molecule has 1 aromatic carbocycles. The number of cyclic esters (lactones) is 1. The van der Waals surface area contributed by atoms with Crippen LogP contribution in [-0.2, 0) is 16.1 Å². The molecule has 1 aliphatic heterocycles. The van der Waals surface area contributed by atoms with Gasteiger partial charge >= 0.3 is 5.97 Å². The minimum Gasteiger partial charge on any atom is -0.456 e. The minimum absolute atomic E-state index is 0.00323. The lowest BCUT2D eigenvalue weighted by molar-refractivity contribution is -0.135. The molecule has 8 heteroatoms. The highest BCUT2D eigenvalue weighted by atomic mass is 35.5. The van der Waals surface area contributed by atoms with Crippen molar-refractivity contribution in [2.24, 2.45) is 0 Å². The molecule has 136 valence electrons. The van der Waals surface area contributed by atoms with E-state index in [0.29, 0.717) is 27.9 Å². The average Bonchev–Trinajstić information content (AvgIpc) is 3.04. The van der Waals surface area contributed by atoms with Gasteiger partial charge in [0.05, 0.1) is 12.2 Å². The molecule has 0 saturated heterocycles. The lowest BCUT2D eigenvalue weighted by Gasteiger charge is -2.24. The fraction of sp³-hybridized carbons (Fsp3) is 0.222. The van der Waals surface area contributed by atoms with Crippen LogP contribution in [-0.4, -0.2) is 35.4 Å². The van der Waals surface area contributed by atoms with Gasteiger partial charge in [0, 0.05) is 29.9 Å². The molecule has 0 N–H and O–H groups in total. The first kappa shape index (κ1) is 18.1. The summed E-state index contributed by atoms with van der Waals surface area (Å²) in [6.45, 7) is -0.316. The largest absolute Gasteiger partial charge is 0.456 e. The first-order valence-corrected chi connectivity index (χ1v) is 8.16. The molecular weight excluding hydrogens is 366 g/mol. The molecule has 0 aliphatic carbocycles. The van der Waals surface area contributed by atoms with E-state index in [1.54, 1.807) is 42.6 Å². The molecule has 0 amide bonds. The molecule has 0 unspecified atom stereocenters. The van der Waals surface area contributed by atoms with Crippen molar-refractivity contribution in [2.75, 3.05) is 13.2 Å². The smallest absolute Gasteiger partial charge is 0.333 e. The van der Waals surface area contributed by atoms with Gasteiger partial charge in [0.2, 0.25) is 5.88 Å². The van der Waals surface area contributed by atoms with Crippen molar-refractivity contribution in [3.8, 4) is 11.6 Å². The topological polar surface area (TPSA) is 51.7 Å². The molecule has 0 spiro atoms. The molecule has 5 nitrogen and oxygen atoms in total. The Labute approximate surface area is 153 Å². The van der Waals surface area contributed by atoms with Crippen LogP contribution in [0.4, 0.5) is 8.78 Å². The van der Waals surface area contributed by atoms with Crippen molar-refractivity contribution in [2.45, 2.75) is 13.0 Å². The molecule has 26 heavy (non-hydrogen) atoms. The fourth-order valence-corrected chi connectivity index (χ4v) is 2.53. The molecule has 0 bridgehead atoms. The van der Waals surface area contributed by atoms with Gasteiger partial charge in [-0.05, 0) is 29.8 Å². The summed E-state index contributed by atoms with van der Waals surface area (Å²) < 4.78 is 36.1. The van der Waals surface area contributed by atoms with Gasteiger partial charge in [0.1, 0.15) is 12.4 Å². The first-order valence-electron chi connectivity index (χ1n) is 7.78. The third-order valence-corrected chi connectivity index (χ3v) is 3.87. The highest BCUT2D eigenvalue weighted by Gasteiger charge is 2.22. The van der Waals surface area contributed by atoms with E-state index in [9.17, 15) is 13.6 Å². The molecule has 1 aromatic heterocycles. The van der Waals surface area contributed by atoms with E-state index in [-0.39, 0.29) is 13.2 Å². The maximum atomic E-state index is 12.8. The predicted octanol–water partition coefficient (Wildman–Crippen LogP) is 4.04. The third kappa shape index (κ3) is 4.92. The van der Waals surface area contributed by atoms with Crippen LogP contribution in [0.25, 0.3) is 0 Å². The molecule has 3 rings (SSSR count). The van der Waals surface area contributed by atoms with Crippen molar-refractivity contribution in [3.05, 3.63) is 65.0 Å². The van der Waals surface area contributed by atoms with E-state index in [0.717, 1.165) is 0 Å². The molecular formula is C18H15ClF2N2O3. The molecule has 2 heterocycles. The van der Waals surface area contributed by atoms with Crippen LogP contribution < -0.4 is 4.74 Å². The number of ether oxygens (including phenoxy) is 2. The summed E-state index contributed by atoms with van der Waals surface area (Å²) in [5.74, 6) is 0.430. The van der Waals surface area contributed by atoms with E-state index in [4.69, 9.17) is 21.1 Å². The van der Waals surface area contributed by atoms with Crippen LogP contribution in [0.3, 0.4) is 0 Å². The maximum absolute atomic E-state index is 12.8. The monoisotopic (exact) mass is 380 g/mol. The van der Waals surface area contributed by atoms with Crippen molar-refractivity contribution in [3.63, 3.8) is 0 Å². The van der Waals surface area contributed by atoms with Crippen LogP contribution in [0.2, 0.25) is 5.02 Å². The number of hydrogen-bond acceptors (Lipinski definition) is 5. The third-order valence-electron chi connectivity index (χ3n) is 3.62. The number of aromatic nitrogens is 1. The second kappa shape index (κ2) is 8.14. The Bertz CT molecular complexity index is 795. The number of esters is 1. The maximum Gasteiger partial charge on any atom is 0.333 e. The summed E-state index contributed by atoms with van der Waals surface area (Å²) in [6, 6.07) is 10.2. The summed E-state index contributed by atoms with van der Waals surface area (Å²) in [4.78, 5) is 16.8. The summed E-state index contributed by atoms with van der Waals surface area (Å²) in [5.41, 5.74) is 1.13. The van der Waals surface area contributed by atoms with Gasteiger partial charge in [-0.2, -0.15) is 0 Å². The zero-order valence-corrected chi connectivity index (χ0v) is 14.3. The van der Waals surface area contributed by atoms with Gasteiger partial charge in [-0.1, -0.05) is 17.7 Å². The summed E-state index contributed by atoms with van der Waals surface area (Å²) in [7, 11) is 0. The van der Waals surface area contributed by atoms with Crippen LogP contribution in [0.15, 0.2) is 54.4 Å². The molecule has 2 aromatic rings. The average molecular weight is 381 g/mol. The second-order valence-corrected chi connectivity index (χ2v) is 6.01. The molecule has 0 radical (unpaired) electrons. The van der Waals surface area contributed by atoms with E-state index >= 15 is 0 Å². The standard InChI is InChI=1S/C18H15ClF2N2O3/c19-13-2-4-15(5-3-13)26-17-6-1-12(8-22-17)9-23(10-16(20)21)14-7-18(24)25-11-14/h1-8,16H,9-11H2. The second-order valence-electron chi connectivity index (χ2n) is 5.58. The van der Waals surface area contributed by atoms with Gasteiger partial charge in [-0.3, -0.25) is 0 Å². The van der Waals surface area contributed by atoms with Crippen LogP contribution >= 0.6 is 11.6 Å². The Kier molecular flexibility index (Phi) is 5.68. The lowest BCUT2D eigenvalue weighted by Crippen LogP contribution is -2.28. The fourth-order valence-electron chi connectivity index (χ4n) is 2.41. The Morgan fingerprint density at radius 2 is 2.00 bits per heavy atom. The summed E-state index contributed by atoms with van der Waals surface area (Å²) in [6.07, 6.45) is 0.238. The van der Waals surface area contributed by atoms with Crippen LogP contribution in [0.5, 0.6) is 11.6 Å². The Morgan fingerprint density at radius 3 is 2.58 bits per heavy atom. The number of nitrogens with zero attached hydrogens (tertiary/aromatic N) is 2. The minimum atomic E-state index is -2.54. The number of hydrogen-bond donors (Lipinski definition) is 0. The summed E-state index contributed by atoms with van der Waals surface area (Å²) >= 11 is 5.82. The highest BCUT2D eigenvalue weighted by molar-refractivity contribution is 6.30. The highest BCUT2D eigenvalue weighted by Crippen LogP contribution is 2.22. The number of rotatable bonds is 7. The lowest BCUT2D eigenvalue weighted by atomic mass is 10.2. The van der Waals surface area contributed by atoms with Gasteiger partial charge in [0.15, 0.2) is 0 Å². The number of carbonyl (C=O) groups is 1. The predicted molar refractivity (Wildman–Crippen MR) is 91.2 cm³/mol. The Balaban J connectivity index is 1.67. The van der Waals surface area contributed by atoms with Crippen molar-refractivity contribution >= 4 is 17.6 Å². The number of benzene rings is 1. The van der Waals surface area contributed by atoms with Crippen molar-refractivity contribution in [1.29, 1.82) is 0 Å².